The van der Waals surface area contributed by atoms with E-state index >= 15 is 0 Å². The van der Waals surface area contributed by atoms with E-state index in [4.69, 9.17) is 19.9 Å². The first-order chi connectivity index (χ1) is 16.3. The lowest BCUT2D eigenvalue weighted by atomic mass is 10.1. The number of ether oxygens (including phenoxy) is 3. The van der Waals surface area contributed by atoms with Crippen molar-refractivity contribution >= 4 is 23.5 Å². The van der Waals surface area contributed by atoms with E-state index in [0.29, 0.717) is 42.2 Å². The van der Waals surface area contributed by atoms with Gasteiger partial charge in [0.2, 0.25) is 11.7 Å². The Kier molecular flexibility index (Phi) is 9.78. The Hall–Kier alpha value is -3.69. The van der Waals surface area contributed by atoms with Crippen LogP contribution in [0.5, 0.6) is 17.2 Å². The van der Waals surface area contributed by atoms with Gasteiger partial charge in [0.15, 0.2) is 11.5 Å². The van der Waals surface area contributed by atoms with Gasteiger partial charge < -0.3 is 25.3 Å². The summed E-state index contributed by atoms with van der Waals surface area (Å²) in [4.78, 5) is 38.5. The molecule has 3 N–H and O–H groups in total. The lowest BCUT2D eigenvalue weighted by Crippen LogP contribution is -2.43. The molecule has 10 nitrogen and oxygen atoms in total. The van der Waals surface area contributed by atoms with Crippen LogP contribution in [0.3, 0.4) is 0 Å². The topological polar surface area (TPSA) is 127 Å². The number of rotatable bonds is 12. The summed E-state index contributed by atoms with van der Waals surface area (Å²) in [6, 6.07) is 3.37. The largest absolute Gasteiger partial charge is 0.493 e. The fraction of sp³-hybridized carbons (Fsp3) is 0.458. The third kappa shape index (κ3) is 6.00. The number of benzene rings is 1. The van der Waals surface area contributed by atoms with E-state index in [0.717, 1.165) is 17.4 Å². The molecule has 10 heteroatoms. The van der Waals surface area contributed by atoms with Gasteiger partial charge in [0.1, 0.15) is 11.5 Å². The molecule has 0 spiro atoms. The third-order valence-electron chi connectivity index (χ3n) is 5.30. The van der Waals surface area contributed by atoms with Crippen molar-refractivity contribution in [3.8, 4) is 17.2 Å². The molecule has 0 aliphatic carbocycles. The molecule has 0 aliphatic heterocycles. The zero-order valence-corrected chi connectivity index (χ0v) is 20.5. The number of methoxy groups -OCH3 is 3. The molecule has 1 aromatic heterocycles. The Morgan fingerprint density at radius 2 is 1.53 bits per heavy atom. The van der Waals surface area contributed by atoms with E-state index in [-0.39, 0.29) is 18.1 Å². The number of hydrogen-bond acceptors (Lipinski definition) is 7. The van der Waals surface area contributed by atoms with Gasteiger partial charge in [0, 0.05) is 19.2 Å². The molecule has 0 saturated heterocycles. The highest BCUT2D eigenvalue weighted by atomic mass is 16.5. The molecule has 0 bridgehead atoms. The van der Waals surface area contributed by atoms with Crippen LogP contribution < -0.4 is 36.5 Å². The molecule has 0 radical (unpaired) electrons. The molecule has 186 valence electrons. The average Bonchev–Trinajstić information content (AvgIpc) is 2.84. The van der Waals surface area contributed by atoms with Crippen molar-refractivity contribution in [1.29, 1.82) is 0 Å². The van der Waals surface area contributed by atoms with Gasteiger partial charge in [0.25, 0.3) is 5.56 Å². The smallest absolute Gasteiger partial charge is 0.332 e. The third-order valence-corrected chi connectivity index (χ3v) is 5.30. The van der Waals surface area contributed by atoms with Crippen molar-refractivity contribution in [1.82, 2.24) is 9.13 Å². The summed E-state index contributed by atoms with van der Waals surface area (Å²) in [5.74, 6) is 0.688. The molecule has 0 atom stereocenters. The molecular formula is C24H34N4O6. The van der Waals surface area contributed by atoms with Crippen LogP contribution in [0.25, 0.3) is 6.08 Å². The maximum Gasteiger partial charge on any atom is 0.332 e. The number of anilines is 2. The molecule has 0 fully saturated rings. The summed E-state index contributed by atoms with van der Waals surface area (Å²) in [6.07, 6.45) is 5.82. The number of nitrogens with one attached hydrogen (secondary N) is 1. The molecule has 0 aliphatic rings. The van der Waals surface area contributed by atoms with Crippen LogP contribution in [0.2, 0.25) is 0 Å². The number of carbonyl (C=O) groups excluding carboxylic acids is 1. The van der Waals surface area contributed by atoms with Crippen molar-refractivity contribution < 1.29 is 19.0 Å². The Balaban J connectivity index is 2.41. The number of nitrogens with zero attached hydrogens (tertiary/aromatic N) is 2. The Morgan fingerprint density at radius 1 is 0.971 bits per heavy atom. The number of unbranched alkanes of at least 4 members (excludes halogenated alkanes) is 2. The Bertz CT molecular complexity index is 1120. The first kappa shape index (κ1) is 26.6. The van der Waals surface area contributed by atoms with Crippen LogP contribution in [-0.4, -0.2) is 36.4 Å². The number of nitrogen functional groups attached to an aromatic ring is 1. The van der Waals surface area contributed by atoms with Crippen molar-refractivity contribution in [3.05, 3.63) is 44.6 Å². The standard InChI is InChI=1S/C24H34N4O6/c1-6-8-12-27-22(25)20(23(30)28(24(27)31)13-9-7-2)26-19(29)11-10-16-14-17(32-3)21(34-5)18(15-16)33-4/h10-11,14-15H,6-9,12-13,25H2,1-5H3,(H,26,29)/b11-10+. The minimum atomic E-state index is -0.613. The highest BCUT2D eigenvalue weighted by Gasteiger charge is 2.18. The van der Waals surface area contributed by atoms with Crippen LogP contribution >= 0.6 is 0 Å². The molecule has 2 aromatic rings. The summed E-state index contributed by atoms with van der Waals surface area (Å²) in [6.45, 7) is 4.57. The SMILES string of the molecule is CCCCn1c(N)c(NC(=O)/C=C/c2cc(OC)c(OC)c(OC)c2)c(=O)n(CCCC)c1=O. The van der Waals surface area contributed by atoms with Crippen LogP contribution in [0.4, 0.5) is 11.5 Å². The summed E-state index contributed by atoms with van der Waals surface area (Å²) >= 11 is 0. The maximum absolute atomic E-state index is 13.0. The fourth-order valence-electron chi connectivity index (χ4n) is 3.41. The number of hydrogen-bond donors (Lipinski definition) is 2. The van der Waals surface area contributed by atoms with E-state index in [1.165, 1.54) is 32.0 Å². The van der Waals surface area contributed by atoms with E-state index in [1.54, 1.807) is 18.2 Å². The molecule has 0 saturated carbocycles. The van der Waals surface area contributed by atoms with Gasteiger partial charge in [-0.2, -0.15) is 0 Å². The predicted octanol–water partition coefficient (Wildman–Crippen LogP) is 2.87. The van der Waals surface area contributed by atoms with E-state index in [9.17, 15) is 14.4 Å². The number of carbonyl (C=O) groups is 1. The van der Waals surface area contributed by atoms with Crippen molar-refractivity contribution in [2.24, 2.45) is 0 Å². The summed E-state index contributed by atoms with van der Waals surface area (Å²) in [7, 11) is 4.50. The summed E-state index contributed by atoms with van der Waals surface area (Å²) < 4.78 is 18.4. The second-order valence-electron chi connectivity index (χ2n) is 7.64. The fourth-order valence-corrected chi connectivity index (χ4v) is 3.41. The first-order valence-electron chi connectivity index (χ1n) is 11.2. The Labute approximate surface area is 198 Å². The molecule has 2 rings (SSSR count). The number of aromatic nitrogens is 2. The van der Waals surface area contributed by atoms with Gasteiger partial charge in [-0.1, -0.05) is 26.7 Å². The van der Waals surface area contributed by atoms with Crippen molar-refractivity contribution in [3.63, 3.8) is 0 Å². The highest BCUT2D eigenvalue weighted by molar-refractivity contribution is 6.03. The molecule has 0 unspecified atom stereocenters. The van der Waals surface area contributed by atoms with Gasteiger partial charge in [-0.25, -0.2) is 4.79 Å². The summed E-state index contributed by atoms with van der Waals surface area (Å²) in [5, 5.41) is 2.56. The maximum atomic E-state index is 13.0. The zero-order valence-electron chi connectivity index (χ0n) is 20.5. The second kappa shape index (κ2) is 12.5. The zero-order chi connectivity index (χ0) is 25.3. The number of amides is 1. The molecule has 1 heterocycles. The van der Waals surface area contributed by atoms with Crippen LogP contribution in [0, 0.1) is 0 Å². The lowest BCUT2D eigenvalue weighted by Gasteiger charge is -2.16. The van der Waals surface area contributed by atoms with Crippen LogP contribution in [-0.2, 0) is 17.9 Å². The second-order valence-corrected chi connectivity index (χ2v) is 7.64. The van der Waals surface area contributed by atoms with Gasteiger partial charge in [0.05, 0.1) is 21.3 Å². The van der Waals surface area contributed by atoms with Gasteiger partial charge in [-0.15, -0.1) is 0 Å². The predicted molar refractivity (Wildman–Crippen MR) is 133 cm³/mol. The Morgan fingerprint density at radius 3 is 2.03 bits per heavy atom. The minimum absolute atomic E-state index is 0.0502. The van der Waals surface area contributed by atoms with Gasteiger partial charge in [-0.3, -0.25) is 18.7 Å². The molecular weight excluding hydrogens is 440 g/mol. The van der Waals surface area contributed by atoms with Gasteiger partial charge >= 0.3 is 5.69 Å². The van der Waals surface area contributed by atoms with Crippen LogP contribution in [0.15, 0.2) is 27.8 Å². The first-order valence-corrected chi connectivity index (χ1v) is 11.2. The lowest BCUT2D eigenvalue weighted by molar-refractivity contribution is -0.111. The van der Waals surface area contributed by atoms with Crippen LogP contribution in [0.1, 0.15) is 45.1 Å². The number of nitrogens with two attached hydrogens (primary N) is 1. The average molecular weight is 475 g/mol. The van der Waals surface area contributed by atoms with E-state index < -0.39 is 17.2 Å². The summed E-state index contributed by atoms with van der Waals surface area (Å²) in [5.41, 5.74) is 5.59. The minimum Gasteiger partial charge on any atom is -0.493 e. The quantitative estimate of drug-likeness (QED) is 0.453. The molecule has 1 aromatic carbocycles. The van der Waals surface area contributed by atoms with E-state index in [2.05, 4.69) is 5.32 Å². The van der Waals surface area contributed by atoms with Crippen molar-refractivity contribution in [2.75, 3.05) is 32.4 Å². The molecule has 1 amide bonds. The van der Waals surface area contributed by atoms with E-state index in [1.807, 2.05) is 13.8 Å². The highest BCUT2D eigenvalue weighted by Crippen LogP contribution is 2.38. The van der Waals surface area contributed by atoms with Gasteiger partial charge in [-0.05, 0) is 36.6 Å². The van der Waals surface area contributed by atoms with Crippen molar-refractivity contribution in [2.45, 2.75) is 52.6 Å². The molecule has 34 heavy (non-hydrogen) atoms. The monoisotopic (exact) mass is 474 g/mol. The normalized spacial score (nSPS) is 11.0.